The highest BCUT2D eigenvalue weighted by Crippen LogP contribution is 2.39. The van der Waals surface area contributed by atoms with Crippen LogP contribution >= 0.6 is 11.8 Å². The van der Waals surface area contributed by atoms with E-state index >= 15 is 0 Å². The Kier molecular flexibility index (Phi) is 6.24. The van der Waals surface area contributed by atoms with Crippen LogP contribution in [0, 0.1) is 23.1 Å². The van der Waals surface area contributed by atoms with Crippen LogP contribution in [0.4, 0.5) is 4.39 Å². The molecule has 2 atom stereocenters. The highest BCUT2D eigenvalue weighted by molar-refractivity contribution is 7.99. The molecule has 9 heteroatoms. The van der Waals surface area contributed by atoms with E-state index in [0.717, 1.165) is 18.5 Å². The molecule has 0 unspecified atom stereocenters. The van der Waals surface area contributed by atoms with E-state index in [0.29, 0.717) is 11.0 Å². The predicted octanol–water partition coefficient (Wildman–Crippen LogP) is 2.93. The number of nitriles is 1. The summed E-state index contributed by atoms with van der Waals surface area (Å²) >= 11 is 1.24. The first-order chi connectivity index (χ1) is 13.7. The average Bonchev–Trinajstić information content (AvgIpc) is 3.47. The molecule has 1 aliphatic carbocycles. The summed E-state index contributed by atoms with van der Waals surface area (Å²) < 4.78 is 15.2. The first-order valence-corrected chi connectivity index (χ1v) is 10.5. The summed E-state index contributed by atoms with van der Waals surface area (Å²) in [6.07, 6.45) is 1.92. The third-order valence-corrected chi connectivity index (χ3v) is 6.18. The minimum Gasteiger partial charge on any atom is -0.337 e. The highest BCUT2D eigenvalue weighted by atomic mass is 32.2. The Morgan fingerprint density at radius 1 is 1.41 bits per heavy atom. The Bertz CT molecular complexity index is 918. The summed E-state index contributed by atoms with van der Waals surface area (Å²) in [5, 5.41) is 21.4. The first kappa shape index (κ1) is 21.3. The van der Waals surface area contributed by atoms with Gasteiger partial charge in [-0.05, 0) is 71.0 Å². The lowest BCUT2D eigenvalue weighted by Gasteiger charge is -2.23. The largest absolute Gasteiger partial charge is 0.337 e. The molecule has 0 spiro atoms. The second kappa shape index (κ2) is 8.51. The van der Waals surface area contributed by atoms with E-state index in [9.17, 15) is 14.4 Å². The van der Waals surface area contributed by atoms with E-state index in [1.165, 1.54) is 23.9 Å². The quantitative estimate of drug-likeness (QED) is 0.666. The van der Waals surface area contributed by atoms with Gasteiger partial charge in [0.05, 0.1) is 17.9 Å². The number of benzene rings is 1. The summed E-state index contributed by atoms with van der Waals surface area (Å²) in [5.41, 5.74) is -0.102. The van der Waals surface area contributed by atoms with Gasteiger partial charge >= 0.3 is 0 Å². The minimum atomic E-state index is -0.827. The predicted molar refractivity (Wildman–Crippen MR) is 109 cm³/mol. The van der Waals surface area contributed by atoms with E-state index < -0.39 is 5.54 Å². The number of nitrogens with one attached hydrogen (secondary N) is 1. The Hall–Kier alpha value is -2.44. The third-order valence-electron chi connectivity index (χ3n) is 5.25. The molecular weight excluding hydrogens is 391 g/mol. The van der Waals surface area contributed by atoms with Crippen molar-refractivity contribution in [3.63, 3.8) is 0 Å². The van der Waals surface area contributed by atoms with Gasteiger partial charge in [0.2, 0.25) is 5.91 Å². The molecular formula is C20H25FN6OS. The van der Waals surface area contributed by atoms with Gasteiger partial charge in [0, 0.05) is 5.69 Å². The van der Waals surface area contributed by atoms with Crippen molar-refractivity contribution in [2.24, 2.45) is 5.92 Å². The Morgan fingerprint density at radius 2 is 2.07 bits per heavy atom. The maximum Gasteiger partial charge on any atom is 0.231 e. The van der Waals surface area contributed by atoms with Crippen molar-refractivity contribution in [1.82, 2.24) is 25.0 Å². The number of hydrogen-bond donors (Lipinski definition) is 1. The molecule has 1 amide bonds. The van der Waals surface area contributed by atoms with Crippen molar-refractivity contribution in [3.8, 4) is 11.8 Å². The van der Waals surface area contributed by atoms with Crippen molar-refractivity contribution in [3.05, 3.63) is 35.9 Å². The van der Waals surface area contributed by atoms with E-state index in [4.69, 9.17) is 0 Å². The number of halogens is 1. The van der Waals surface area contributed by atoms with Crippen LogP contribution in [0.2, 0.25) is 0 Å². The van der Waals surface area contributed by atoms with E-state index in [1.807, 2.05) is 30.5 Å². The Labute approximate surface area is 174 Å². The van der Waals surface area contributed by atoms with Crippen LogP contribution in [-0.4, -0.2) is 51.0 Å². The zero-order chi connectivity index (χ0) is 21.2. The molecule has 1 heterocycles. The Balaban J connectivity index is 1.81. The van der Waals surface area contributed by atoms with Gasteiger partial charge in [-0.1, -0.05) is 11.8 Å². The molecule has 1 N–H and O–H groups in total. The molecule has 1 aliphatic rings. The number of aromatic nitrogens is 3. The lowest BCUT2D eigenvalue weighted by Crippen LogP contribution is -2.47. The van der Waals surface area contributed by atoms with Gasteiger partial charge < -0.3 is 5.32 Å². The lowest BCUT2D eigenvalue weighted by molar-refractivity contribution is -0.119. The van der Waals surface area contributed by atoms with Crippen molar-refractivity contribution in [2.45, 2.75) is 43.4 Å². The van der Waals surface area contributed by atoms with Crippen molar-refractivity contribution in [2.75, 3.05) is 19.8 Å². The molecule has 7 nitrogen and oxygen atoms in total. The average molecular weight is 417 g/mol. The number of amides is 1. The number of carbonyl (C=O) groups is 1. The number of thioether (sulfide) groups is 1. The third kappa shape index (κ3) is 4.77. The van der Waals surface area contributed by atoms with Gasteiger partial charge in [-0.2, -0.15) is 5.26 Å². The number of hydrogen-bond acceptors (Lipinski definition) is 6. The zero-order valence-electron chi connectivity index (χ0n) is 17.0. The van der Waals surface area contributed by atoms with Crippen LogP contribution in [0.3, 0.4) is 0 Å². The lowest BCUT2D eigenvalue weighted by atomic mass is 9.98. The normalized spacial score (nSPS) is 16.9. The van der Waals surface area contributed by atoms with E-state index in [-0.39, 0.29) is 29.4 Å². The molecule has 3 rings (SSSR count). The van der Waals surface area contributed by atoms with Gasteiger partial charge in [-0.3, -0.25) is 14.3 Å². The molecule has 154 valence electrons. The molecule has 0 aliphatic heterocycles. The number of rotatable bonds is 8. The fourth-order valence-corrected chi connectivity index (χ4v) is 3.81. The standard InChI is InChI=1S/C20H25FN6OS/c1-13(26(3)4)18-24-25-19(27(18)16-9-7-15(21)8-10-16)29-11-17(28)23-20(2,12-22)14-5-6-14/h7-10,13-14H,5-6,11H2,1-4H3,(H,23,28)/t13-,20+/m0/s1. The topological polar surface area (TPSA) is 86.8 Å². The number of nitrogens with zero attached hydrogens (tertiary/aromatic N) is 5. The zero-order valence-corrected chi connectivity index (χ0v) is 17.8. The van der Waals surface area contributed by atoms with Crippen molar-refractivity contribution < 1.29 is 9.18 Å². The van der Waals surface area contributed by atoms with E-state index in [1.54, 1.807) is 19.1 Å². The van der Waals surface area contributed by atoms with E-state index in [2.05, 4.69) is 21.6 Å². The van der Waals surface area contributed by atoms with Crippen molar-refractivity contribution >= 4 is 17.7 Å². The van der Waals surface area contributed by atoms with Gasteiger partial charge in [-0.25, -0.2) is 4.39 Å². The monoisotopic (exact) mass is 416 g/mol. The molecule has 1 saturated carbocycles. The van der Waals surface area contributed by atoms with Gasteiger partial charge in [0.25, 0.3) is 0 Å². The summed E-state index contributed by atoms with van der Waals surface area (Å²) in [5.74, 6) is 0.483. The van der Waals surface area contributed by atoms with Gasteiger partial charge in [0.15, 0.2) is 11.0 Å². The second-order valence-corrected chi connectivity index (χ2v) is 8.66. The van der Waals surface area contributed by atoms with Crippen LogP contribution < -0.4 is 5.32 Å². The van der Waals surface area contributed by atoms with Crippen LogP contribution in [0.15, 0.2) is 29.4 Å². The molecule has 0 radical (unpaired) electrons. The van der Waals surface area contributed by atoms with Crippen LogP contribution in [-0.2, 0) is 4.79 Å². The van der Waals surface area contributed by atoms with Crippen LogP contribution in [0.1, 0.15) is 38.6 Å². The van der Waals surface area contributed by atoms with Gasteiger partial charge in [0.1, 0.15) is 11.4 Å². The molecule has 1 fully saturated rings. The maximum atomic E-state index is 13.4. The first-order valence-electron chi connectivity index (χ1n) is 9.48. The molecule has 29 heavy (non-hydrogen) atoms. The maximum absolute atomic E-state index is 13.4. The SMILES string of the molecule is C[C@@H](c1nnc(SCC(=O)N[C@](C)(C#N)C2CC2)n1-c1ccc(F)cc1)N(C)C. The summed E-state index contributed by atoms with van der Waals surface area (Å²) in [4.78, 5) is 14.5. The fourth-order valence-electron chi connectivity index (χ4n) is 3.05. The second-order valence-electron chi connectivity index (χ2n) is 7.72. The summed E-state index contributed by atoms with van der Waals surface area (Å²) in [7, 11) is 3.88. The van der Waals surface area contributed by atoms with Gasteiger partial charge in [-0.15, -0.1) is 10.2 Å². The highest BCUT2D eigenvalue weighted by Gasteiger charge is 2.43. The van der Waals surface area contributed by atoms with Crippen LogP contribution in [0.5, 0.6) is 0 Å². The summed E-state index contributed by atoms with van der Waals surface area (Å²) in [6.45, 7) is 3.77. The molecule has 2 aromatic rings. The molecule has 0 saturated heterocycles. The Morgan fingerprint density at radius 3 is 2.62 bits per heavy atom. The fraction of sp³-hybridized carbons (Fsp3) is 0.500. The van der Waals surface area contributed by atoms with Crippen LogP contribution in [0.25, 0.3) is 5.69 Å². The molecule has 1 aromatic carbocycles. The summed E-state index contributed by atoms with van der Waals surface area (Å²) in [6, 6.07) is 8.28. The molecule has 0 bridgehead atoms. The minimum absolute atomic E-state index is 0.0347. The number of carbonyl (C=O) groups excluding carboxylic acids is 1. The van der Waals surface area contributed by atoms with Crippen molar-refractivity contribution in [1.29, 1.82) is 5.26 Å². The molecule has 1 aromatic heterocycles. The smallest absolute Gasteiger partial charge is 0.231 e.